The van der Waals surface area contributed by atoms with Crippen molar-refractivity contribution in [2.75, 3.05) is 0 Å². The average molecular weight is 399 g/mol. The first-order valence-electron chi connectivity index (χ1n) is 13.6. The maximum absolute atomic E-state index is 2.62. The molecule has 3 saturated carbocycles. The Balaban J connectivity index is 1.25. The number of allylic oxidation sites excluding steroid dienone is 4. The maximum atomic E-state index is 2.62. The lowest BCUT2D eigenvalue weighted by molar-refractivity contribution is 0.152. The second-order valence-corrected chi connectivity index (χ2v) is 10.9. The van der Waals surface area contributed by atoms with E-state index in [-0.39, 0.29) is 0 Å². The van der Waals surface area contributed by atoms with Gasteiger partial charge in [0, 0.05) is 0 Å². The van der Waals surface area contributed by atoms with Crippen LogP contribution >= 0.6 is 0 Å². The quantitative estimate of drug-likeness (QED) is 0.339. The Kier molecular flexibility index (Phi) is 10.4. The van der Waals surface area contributed by atoms with Crippen LogP contribution in [-0.4, -0.2) is 0 Å². The predicted octanol–water partition coefficient (Wildman–Crippen LogP) is 9.51. The molecule has 3 rings (SSSR count). The van der Waals surface area contributed by atoms with Gasteiger partial charge in [-0.3, -0.25) is 0 Å². The van der Waals surface area contributed by atoms with Crippen molar-refractivity contribution in [2.24, 2.45) is 35.5 Å². The van der Waals surface area contributed by atoms with E-state index in [2.05, 4.69) is 38.2 Å². The zero-order valence-electron chi connectivity index (χ0n) is 19.8. The minimum absolute atomic E-state index is 0.888. The van der Waals surface area contributed by atoms with E-state index in [9.17, 15) is 0 Å². The summed E-state index contributed by atoms with van der Waals surface area (Å²) < 4.78 is 0. The summed E-state index contributed by atoms with van der Waals surface area (Å²) >= 11 is 0. The van der Waals surface area contributed by atoms with Crippen LogP contribution in [0.3, 0.4) is 0 Å². The van der Waals surface area contributed by atoms with E-state index in [0.29, 0.717) is 0 Å². The minimum atomic E-state index is 0.888. The Bertz CT molecular complexity index is 462. The van der Waals surface area contributed by atoms with Gasteiger partial charge in [-0.1, -0.05) is 63.8 Å². The standard InChI is InChI=1S/C29H50/c1-3-5-9-25-12-14-26(15-13-25)10-6-7-11-27-18-22-29(23-19-27)28-20-16-24(8-4-2)17-21-28/h5,7,9,11,24-29H,3-4,6,8,10,12-23H2,1-2H3. The van der Waals surface area contributed by atoms with Crippen molar-refractivity contribution in [3.05, 3.63) is 24.3 Å². The predicted molar refractivity (Wildman–Crippen MR) is 129 cm³/mol. The number of rotatable bonds is 9. The largest absolute Gasteiger partial charge is 0.0885 e. The van der Waals surface area contributed by atoms with Crippen molar-refractivity contribution in [1.82, 2.24) is 0 Å². The third-order valence-corrected chi connectivity index (χ3v) is 8.76. The lowest BCUT2D eigenvalue weighted by atomic mass is 9.68. The summed E-state index contributed by atoms with van der Waals surface area (Å²) in [6.07, 6.45) is 34.9. The van der Waals surface area contributed by atoms with Crippen LogP contribution in [0.25, 0.3) is 0 Å². The van der Waals surface area contributed by atoms with E-state index >= 15 is 0 Å². The molecule has 0 aromatic carbocycles. The molecule has 3 aliphatic carbocycles. The molecule has 0 N–H and O–H groups in total. The molecular formula is C29H50. The highest BCUT2D eigenvalue weighted by Gasteiger charge is 2.30. The van der Waals surface area contributed by atoms with Crippen molar-refractivity contribution >= 4 is 0 Å². The Morgan fingerprint density at radius 3 is 1.62 bits per heavy atom. The summed E-state index contributed by atoms with van der Waals surface area (Å²) in [5, 5.41) is 0. The van der Waals surface area contributed by atoms with Gasteiger partial charge in [0.2, 0.25) is 0 Å². The molecule has 3 fully saturated rings. The van der Waals surface area contributed by atoms with Crippen molar-refractivity contribution in [3.8, 4) is 0 Å². The first-order chi connectivity index (χ1) is 14.3. The third kappa shape index (κ3) is 7.91. The zero-order valence-corrected chi connectivity index (χ0v) is 19.8. The van der Waals surface area contributed by atoms with Gasteiger partial charge in [-0.15, -0.1) is 0 Å². The minimum Gasteiger partial charge on any atom is -0.0885 e. The van der Waals surface area contributed by atoms with E-state index in [0.717, 1.165) is 35.5 Å². The van der Waals surface area contributed by atoms with Gasteiger partial charge in [0.25, 0.3) is 0 Å². The van der Waals surface area contributed by atoms with E-state index in [1.807, 2.05) is 0 Å². The number of hydrogen-bond acceptors (Lipinski definition) is 0. The van der Waals surface area contributed by atoms with Crippen LogP contribution in [0.5, 0.6) is 0 Å². The first kappa shape index (κ1) is 23.1. The highest BCUT2D eigenvalue weighted by molar-refractivity contribution is 4.94. The highest BCUT2D eigenvalue weighted by Crippen LogP contribution is 2.42. The topological polar surface area (TPSA) is 0 Å². The van der Waals surface area contributed by atoms with E-state index < -0.39 is 0 Å². The van der Waals surface area contributed by atoms with Gasteiger partial charge >= 0.3 is 0 Å². The second-order valence-electron chi connectivity index (χ2n) is 10.9. The molecule has 0 unspecified atom stereocenters. The fourth-order valence-electron chi connectivity index (χ4n) is 6.78. The van der Waals surface area contributed by atoms with Gasteiger partial charge in [-0.05, 0) is 119 Å². The summed E-state index contributed by atoms with van der Waals surface area (Å²) in [7, 11) is 0. The summed E-state index contributed by atoms with van der Waals surface area (Å²) in [6, 6.07) is 0. The maximum Gasteiger partial charge on any atom is -0.0233 e. The summed E-state index contributed by atoms with van der Waals surface area (Å²) in [5.74, 6) is 6.01. The molecule has 0 amide bonds. The van der Waals surface area contributed by atoms with Crippen LogP contribution in [-0.2, 0) is 0 Å². The van der Waals surface area contributed by atoms with Gasteiger partial charge in [0.15, 0.2) is 0 Å². The zero-order chi connectivity index (χ0) is 20.3. The molecule has 0 nitrogen and oxygen atoms in total. The number of hydrogen-bond donors (Lipinski definition) is 0. The molecule has 0 bridgehead atoms. The molecule has 29 heavy (non-hydrogen) atoms. The second kappa shape index (κ2) is 13.0. The van der Waals surface area contributed by atoms with Crippen molar-refractivity contribution in [3.63, 3.8) is 0 Å². The van der Waals surface area contributed by atoms with Crippen LogP contribution in [0.4, 0.5) is 0 Å². The smallest absolute Gasteiger partial charge is 0.0233 e. The fourth-order valence-corrected chi connectivity index (χ4v) is 6.78. The SMILES string of the molecule is CCC=CC1CCC(CCC=CC2CCC(C3CCC(CCC)CC3)CC2)CC1. The van der Waals surface area contributed by atoms with Crippen molar-refractivity contribution in [1.29, 1.82) is 0 Å². The molecule has 0 spiro atoms. The highest BCUT2D eigenvalue weighted by atomic mass is 14.4. The molecule has 0 heterocycles. The van der Waals surface area contributed by atoms with Crippen LogP contribution in [0.15, 0.2) is 24.3 Å². The summed E-state index contributed by atoms with van der Waals surface area (Å²) in [5.41, 5.74) is 0. The molecule has 0 radical (unpaired) electrons. The van der Waals surface area contributed by atoms with Crippen LogP contribution in [0, 0.1) is 35.5 Å². The fraction of sp³-hybridized carbons (Fsp3) is 0.862. The van der Waals surface area contributed by atoms with Gasteiger partial charge in [-0.25, -0.2) is 0 Å². The van der Waals surface area contributed by atoms with E-state index in [1.54, 1.807) is 12.8 Å². The van der Waals surface area contributed by atoms with Crippen molar-refractivity contribution < 1.29 is 0 Å². The Labute approximate surface area is 183 Å². The third-order valence-electron chi connectivity index (χ3n) is 8.76. The molecule has 0 atom stereocenters. The molecule has 0 aromatic rings. The van der Waals surface area contributed by atoms with Crippen LogP contribution in [0.1, 0.15) is 123 Å². The Morgan fingerprint density at radius 1 is 0.552 bits per heavy atom. The van der Waals surface area contributed by atoms with Gasteiger partial charge in [-0.2, -0.15) is 0 Å². The summed E-state index contributed by atoms with van der Waals surface area (Å²) in [6.45, 7) is 4.61. The normalized spacial score (nSPS) is 36.8. The molecule has 3 aliphatic rings. The van der Waals surface area contributed by atoms with E-state index in [4.69, 9.17) is 0 Å². The van der Waals surface area contributed by atoms with E-state index in [1.165, 1.54) is 96.3 Å². The van der Waals surface area contributed by atoms with Crippen molar-refractivity contribution in [2.45, 2.75) is 123 Å². The Hall–Kier alpha value is -0.520. The molecular weight excluding hydrogens is 348 g/mol. The van der Waals surface area contributed by atoms with Crippen LogP contribution in [0.2, 0.25) is 0 Å². The first-order valence-corrected chi connectivity index (χ1v) is 13.6. The van der Waals surface area contributed by atoms with Gasteiger partial charge < -0.3 is 0 Å². The summed E-state index contributed by atoms with van der Waals surface area (Å²) in [4.78, 5) is 0. The monoisotopic (exact) mass is 398 g/mol. The molecule has 166 valence electrons. The lowest BCUT2D eigenvalue weighted by Gasteiger charge is -2.37. The molecule has 0 aliphatic heterocycles. The lowest BCUT2D eigenvalue weighted by Crippen LogP contribution is -2.25. The average Bonchev–Trinajstić information content (AvgIpc) is 2.77. The van der Waals surface area contributed by atoms with Gasteiger partial charge in [0.05, 0.1) is 0 Å². The molecule has 0 saturated heterocycles. The Morgan fingerprint density at radius 2 is 1.03 bits per heavy atom. The van der Waals surface area contributed by atoms with Crippen LogP contribution < -0.4 is 0 Å². The molecule has 0 aromatic heterocycles. The van der Waals surface area contributed by atoms with Gasteiger partial charge in [0.1, 0.15) is 0 Å². The molecule has 0 heteroatoms.